The first-order chi connectivity index (χ1) is 15.9. The van der Waals surface area contributed by atoms with E-state index in [-0.39, 0.29) is 11.1 Å². The second-order valence-corrected chi connectivity index (χ2v) is 10.7. The van der Waals surface area contributed by atoms with Gasteiger partial charge in [0.05, 0.1) is 0 Å². The van der Waals surface area contributed by atoms with Gasteiger partial charge < -0.3 is 24.7 Å². The minimum absolute atomic E-state index is 0.0367. The summed E-state index contributed by atoms with van der Waals surface area (Å²) in [5.74, 6) is -1.21. The van der Waals surface area contributed by atoms with Crippen molar-refractivity contribution in [1.29, 1.82) is 0 Å². The summed E-state index contributed by atoms with van der Waals surface area (Å²) < 4.78 is 16.8. The molecule has 0 aliphatic heterocycles. The Morgan fingerprint density at radius 3 is 2.24 bits per heavy atom. The third-order valence-corrected chi connectivity index (χ3v) is 8.88. The number of anilines is 1. The van der Waals surface area contributed by atoms with Gasteiger partial charge in [-0.3, -0.25) is 14.6 Å². The first-order valence-electron chi connectivity index (χ1n) is 10.8. The Morgan fingerprint density at radius 1 is 0.970 bits per heavy atom. The van der Waals surface area contributed by atoms with Crippen LogP contribution in [-0.2, 0) is 19.7 Å². The Labute approximate surface area is 196 Å². The lowest BCUT2D eigenvalue weighted by atomic mass is 9.97. The molecule has 2 aromatic carbocycles. The van der Waals surface area contributed by atoms with E-state index >= 15 is 0 Å². The molecule has 0 aliphatic rings. The maximum Gasteiger partial charge on any atom is 0.503 e. The number of carbonyl (C=O) groups excluding carboxylic acids is 2. The Morgan fingerprint density at radius 2 is 1.64 bits per heavy atom. The largest absolute Gasteiger partial charge is 0.503 e. The lowest BCUT2D eigenvalue weighted by molar-refractivity contribution is 0.0817. The van der Waals surface area contributed by atoms with Crippen LogP contribution in [0.15, 0.2) is 53.5 Å². The van der Waals surface area contributed by atoms with Crippen molar-refractivity contribution in [3.8, 4) is 0 Å². The predicted octanol–water partition coefficient (Wildman–Crippen LogP) is 2.93. The highest BCUT2D eigenvalue weighted by molar-refractivity contribution is 6.62. The number of hydrogen-bond donors (Lipinski definition) is 2. The van der Waals surface area contributed by atoms with Gasteiger partial charge in [-0.15, -0.1) is 0 Å². The van der Waals surface area contributed by atoms with Gasteiger partial charge in [-0.05, 0) is 31.0 Å². The van der Waals surface area contributed by atoms with Gasteiger partial charge in [-0.1, -0.05) is 42.5 Å². The molecule has 2 rings (SSSR count). The van der Waals surface area contributed by atoms with Crippen LogP contribution in [0.4, 0.5) is 5.69 Å². The van der Waals surface area contributed by atoms with Gasteiger partial charge >= 0.3 is 8.80 Å². The fraction of sp³-hybridized carbons (Fsp3) is 0.375. The third kappa shape index (κ3) is 6.65. The molecular formula is C24H33N3O5Si. The highest BCUT2D eigenvalue weighted by Crippen LogP contribution is 2.30. The molecule has 0 amide bonds. The minimum atomic E-state index is -2.80. The fourth-order valence-electron chi connectivity index (χ4n) is 3.77. The summed E-state index contributed by atoms with van der Waals surface area (Å²) in [5.41, 5.74) is 13.6. The van der Waals surface area contributed by atoms with E-state index in [1.165, 1.54) is 0 Å². The molecule has 1 unspecified atom stereocenters. The van der Waals surface area contributed by atoms with Crippen LogP contribution in [0.2, 0.25) is 5.54 Å². The van der Waals surface area contributed by atoms with Crippen molar-refractivity contribution in [2.75, 3.05) is 40.2 Å². The highest BCUT2D eigenvalue weighted by Gasteiger charge is 2.46. The molecule has 0 aliphatic carbocycles. The van der Waals surface area contributed by atoms with Crippen LogP contribution in [0.3, 0.4) is 0 Å². The molecule has 9 heteroatoms. The molecule has 2 aromatic rings. The van der Waals surface area contributed by atoms with E-state index in [1.54, 1.807) is 70.0 Å². The number of Topliss-reactive ketones (excluding diaryl/α,β-unsaturated/α-hetero) is 2. The quantitative estimate of drug-likeness (QED) is 0.143. The zero-order chi connectivity index (χ0) is 24.3. The Kier molecular flexibility index (Phi) is 10.6. The predicted molar refractivity (Wildman–Crippen MR) is 132 cm³/mol. The molecule has 178 valence electrons. The molecular weight excluding hydrogens is 438 g/mol. The lowest BCUT2D eigenvalue weighted by Gasteiger charge is -2.32. The number of nitrogen functional groups attached to an aromatic ring is 1. The van der Waals surface area contributed by atoms with Crippen LogP contribution in [0, 0.1) is 0 Å². The molecule has 0 heterocycles. The van der Waals surface area contributed by atoms with E-state index in [9.17, 15) is 9.59 Å². The number of benzene rings is 2. The number of nitrogens with two attached hydrogens (primary N) is 2. The monoisotopic (exact) mass is 471 g/mol. The molecule has 33 heavy (non-hydrogen) atoms. The maximum atomic E-state index is 12.7. The third-order valence-electron chi connectivity index (χ3n) is 5.60. The van der Waals surface area contributed by atoms with E-state index in [0.29, 0.717) is 43.6 Å². The van der Waals surface area contributed by atoms with Gasteiger partial charge in [-0.2, -0.15) is 0 Å². The van der Waals surface area contributed by atoms with E-state index < -0.39 is 20.4 Å². The lowest BCUT2D eigenvalue weighted by Crippen LogP contribution is -2.48. The number of hydrogen-bond acceptors (Lipinski definition) is 8. The van der Waals surface area contributed by atoms with Gasteiger partial charge in [0.1, 0.15) is 0 Å². The molecule has 1 atom stereocenters. The van der Waals surface area contributed by atoms with Crippen molar-refractivity contribution in [2.24, 2.45) is 10.7 Å². The zero-order valence-electron chi connectivity index (χ0n) is 19.5. The maximum absolute atomic E-state index is 12.7. The normalized spacial score (nSPS) is 12.7. The topological polar surface area (TPSA) is 126 Å². The van der Waals surface area contributed by atoms with Crippen molar-refractivity contribution < 1.29 is 22.9 Å². The van der Waals surface area contributed by atoms with Crippen molar-refractivity contribution in [1.82, 2.24) is 0 Å². The molecule has 0 spiro atoms. The van der Waals surface area contributed by atoms with Crippen LogP contribution >= 0.6 is 0 Å². The number of para-hydroxylation sites is 1. The summed E-state index contributed by atoms with van der Waals surface area (Å²) in [7, 11) is 1.96. The second-order valence-electron chi connectivity index (χ2n) is 7.47. The Bertz CT molecular complexity index is 940. The Hall–Kier alpha value is -2.69. The van der Waals surface area contributed by atoms with Gasteiger partial charge in [0, 0.05) is 62.9 Å². The van der Waals surface area contributed by atoms with Crippen LogP contribution in [-0.4, -0.2) is 61.0 Å². The summed E-state index contributed by atoms with van der Waals surface area (Å²) in [6.45, 7) is 1.04. The number of carbonyl (C=O) groups is 2. The number of nitrogens with zero attached hydrogens (tertiary/aromatic N) is 1. The first-order valence-corrected chi connectivity index (χ1v) is 12.6. The summed E-state index contributed by atoms with van der Waals surface area (Å²) in [6.07, 6.45) is 3.61. The highest BCUT2D eigenvalue weighted by atomic mass is 28.4. The van der Waals surface area contributed by atoms with Crippen LogP contribution in [0.25, 0.3) is 0 Å². The van der Waals surface area contributed by atoms with E-state index in [1.807, 2.05) is 6.07 Å². The molecule has 8 nitrogen and oxygen atoms in total. The van der Waals surface area contributed by atoms with Crippen LogP contribution < -0.4 is 11.5 Å². The molecule has 0 aromatic heterocycles. The minimum Gasteiger partial charge on any atom is -0.398 e. The van der Waals surface area contributed by atoms with E-state index in [4.69, 9.17) is 24.7 Å². The first kappa shape index (κ1) is 26.6. The van der Waals surface area contributed by atoms with Crippen molar-refractivity contribution in [3.05, 3.63) is 65.2 Å². The number of aliphatic imine (C=N–C) groups is 1. The molecule has 0 saturated carbocycles. The van der Waals surface area contributed by atoms with E-state index in [2.05, 4.69) is 4.99 Å². The van der Waals surface area contributed by atoms with Gasteiger partial charge in [0.25, 0.3) is 0 Å². The molecule has 0 fully saturated rings. The summed E-state index contributed by atoms with van der Waals surface area (Å²) >= 11 is 0. The fourth-order valence-corrected chi connectivity index (χ4v) is 6.27. The van der Waals surface area contributed by atoms with Gasteiger partial charge in [0.2, 0.25) is 11.6 Å². The zero-order valence-corrected chi connectivity index (χ0v) is 20.5. The summed E-state index contributed by atoms with van der Waals surface area (Å²) in [4.78, 5) is 29.7. The number of ketones is 2. The molecule has 0 saturated heterocycles. The smallest absolute Gasteiger partial charge is 0.398 e. The van der Waals surface area contributed by atoms with Crippen molar-refractivity contribution in [3.63, 3.8) is 0 Å². The van der Waals surface area contributed by atoms with Gasteiger partial charge in [0.15, 0.2) is 0 Å². The molecule has 4 N–H and O–H groups in total. The van der Waals surface area contributed by atoms with Gasteiger partial charge in [-0.25, -0.2) is 0 Å². The van der Waals surface area contributed by atoms with Crippen LogP contribution in [0.5, 0.6) is 0 Å². The van der Waals surface area contributed by atoms with Crippen molar-refractivity contribution >= 4 is 32.3 Å². The van der Waals surface area contributed by atoms with Crippen molar-refractivity contribution in [2.45, 2.75) is 24.8 Å². The summed E-state index contributed by atoms with van der Waals surface area (Å²) in [5, 5.41) is 0. The Balaban J connectivity index is 2.04. The van der Waals surface area contributed by atoms with E-state index in [0.717, 1.165) is 5.56 Å². The standard InChI is InChI=1S/C24H33N3O5Si/c1-30-33(31-2,32-3)20(12-15-25)14-17-27-16-13-18-10-7-11-21(22(18)26)24(29)23(28)19-8-5-4-6-9-19/h4-11,16,20H,12-15,17,25-26H2,1-3H3. The average Bonchev–Trinajstić information content (AvgIpc) is 2.85. The number of rotatable bonds is 14. The molecule has 0 radical (unpaired) electrons. The second kappa shape index (κ2) is 13.1. The molecule has 0 bridgehead atoms. The van der Waals surface area contributed by atoms with Crippen LogP contribution in [0.1, 0.15) is 39.1 Å². The average molecular weight is 472 g/mol. The summed E-state index contributed by atoms with van der Waals surface area (Å²) in [6, 6.07) is 13.6. The SMILES string of the molecule is CO[Si](OC)(OC)C(CCN)CCN=CCc1cccc(C(=O)C(=O)c2ccccc2)c1N.